The highest BCUT2D eigenvalue weighted by Gasteiger charge is 2.14. The van der Waals surface area contributed by atoms with Crippen molar-refractivity contribution < 1.29 is 14.4 Å². The molecule has 0 heterocycles. The van der Waals surface area contributed by atoms with Crippen LogP contribution in [0.3, 0.4) is 0 Å². The molecule has 0 spiro atoms. The summed E-state index contributed by atoms with van der Waals surface area (Å²) in [5.74, 6) is -0.454. The number of aryl methyl sites for hydroxylation is 1. The summed E-state index contributed by atoms with van der Waals surface area (Å²) >= 11 is 3.35. The van der Waals surface area contributed by atoms with E-state index in [0.717, 1.165) is 10.0 Å². The lowest BCUT2D eigenvalue weighted by Crippen LogP contribution is -2.31. The van der Waals surface area contributed by atoms with Crippen molar-refractivity contribution >= 4 is 39.3 Å². The number of carbonyl (C=O) groups is 3. The number of nitrogens with zero attached hydrogens (tertiary/aromatic N) is 1. The van der Waals surface area contributed by atoms with Gasteiger partial charge in [0.15, 0.2) is 0 Å². The quantitative estimate of drug-likeness (QED) is 0.638. The Kier molecular flexibility index (Phi) is 7.75. The number of nitrogens with one attached hydrogen (secondary N) is 2. The van der Waals surface area contributed by atoms with Gasteiger partial charge in [-0.05, 0) is 55.3 Å². The monoisotopic (exact) mass is 445 g/mol. The van der Waals surface area contributed by atoms with Crippen LogP contribution in [0.15, 0.2) is 46.9 Å². The Hall–Kier alpha value is -2.67. The number of hydrogen-bond donors (Lipinski definition) is 2. The number of halogens is 1. The van der Waals surface area contributed by atoms with E-state index in [2.05, 4.69) is 26.6 Å². The predicted molar refractivity (Wildman–Crippen MR) is 114 cm³/mol. The molecule has 2 N–H and O–H groups in total. The Labute approximate surface area is 173 Å². The molecule has 0 atom stereocenters. The van der Waals surface area contributed by atoms with E-state index in [-0.39, 0.29) is 17.7 Å². The van der Waals surface area contributed by atoms with Crippen LogP contribution >= 0.6 is 15.9 Å². The lowest BCUT2D eigenvalue weighted by molar-refractivity contribution is -0.118. The van der Waals surface area contributed by atoms with E-state index in [1.54, 1.807) is 48.3 Å². The van der Waals surface area contributed by atoms with E-state index in [4.69, 9.17) is 0 Å². The molecular weight excluding hydrogens is 422 g/mol. The van der Waals surface area contributed by atoms with Gasteiger partial charge in [-0.3, -0.25) is 14.4 Å². The summed E-state index contributed by atoms with van der Waals surface area (Å²) in [6.07, 6.45) is 0.668. The van der Waals surface area contributed by atoms with Crippen molar-refractivity contribution in [3.63, 3.8) is 0 Å². The molecule has 2 aromatic rings. The summed E-state index contributed by atoms with van der Waals surface area (Å²) in [4.78, 5) is 37.6. The topological polar surface area (TPSA) is 78.5 Å². The van der Waals surface area contributed by atoms with Crippen LogP contribution in [0.2, 0.25) is 0 Å². The molecule has 7 heteroatoms. The van der Waals surface area contributed by atoms with Gasteiger partial charge in [-0.15, -0.1) is 0 Å². The third kappa shape index (κ3) is 6.20. The zero-order valence-corrected chi connectivity index (χ0v) is 17.8. The summed E-state index contributed by atoms with van der Waals surface area (Å²) in [5, 5.41) is 5.58. The van der Waals surface area contributed by atoms with Crippen molar-refractivity contribution in [3.8, 4) is 0 Å². The molecule has 0 saturated heterocycles. The normalized spacial score (nSPS) is 10.3. The molecule has 0 aromatic heterocycles. The summed E-state index contributed by atoms with van der Waals surface area (Å²) in [5.41, 5.74) is 2.51. The maximum Gasteiger partial charge on any atom is 0.255 e. The number of carbonyl (C=O) groups excluding carboxylic acids is 3. The van der Waals surface area contributed by atoms with Crippen molar-refractivity contribution in [3.05, 3.63) is 63.6 Å². The fourth-order valence-corrected chi connectivity index (χ4v) is 2.85. The number of rotatable bonds is 7. The summed E-state index contributed by atoms with van der Waals surface area (Å²) in [6, 6.07) is 12.3. The van der Waals surface area contributed by atoms with Crippen molar-refractivity contribution in [1.82, 2.24) is 10.2 Å². The second kappa shape index (κ2) is 10.0. The highest BCUT2D eigenvalue weighted by Crippen LogP contribution is 2.20. The smallest absolute Gasteiger partial charge is 0.255 e. The Morgan fingerprint density at radius 1 is 1.04 bits per heavy atom. The molecule has 3 amide bonds. The zero-order valence-electron chi connectivity index (χ0n) is 16.2. The van der Waals surface area contributed by atoms with Crippen molar-refractivity contribution in [2.75, 3.05) is 25.5 Å². The van der Waals surface area contributed by atoms with Gasteiger partial charge >= 0.3 is 0 Å². The lowest BCUT2D eigenvalue weighted by atomic mass is 10.1. The molecule has 28 heavy (non-hydrogen) atoms. The molecule has 0 unspecified atom stereocenters. The van der Waals surface area contributed by atoms with Gasteiger partial charge in [-0.25, -0.2) is 0 Å². The first-order valence-corrected chi connectivity index (χ1v) is 9.74. The summed E-state index contributed by atoms with van der Waals surface area (Å²) < 4.78 is 0.898. The standard InChI is InChI=1S/C21H24BrN3O3/c1-14-5-6-17(21(28)25(3)12-4-11-23-15(2)26)13-19(14)24-20(27)16-7-9-18(22)10-8-16/h5-10,13H,4,11-12H2,1-3H3,(H,23,26)(H,24,27). The molecular formula is C21H24BrN3O3. The molecule has 0 aliphatic rings. The minimum atomic E-state index is -0.233. The molecule has 2 aromatic carbocycles. The third-order valence-electron chi connectivity index (χ3n) is 4.23. The second-order valence-corrected chi connectivity index (χ2v) is 7.47. The van der Waals surface area contributed by atoms with E-state index >= 15 is 0 Å². The zero-order chi connectivity index (χ0) is 20.7. The molecule has 0 fully saturated rings. The Morgan fingerprint density at radius 2 is 1.68 bits per heavy atom. The van der Waals surface area contributed by atoms with Gasteiger partial charge < -0.3 is 15.5 Å². The van der Waals surface area contributed by atoms with Crippen molar-refractivity contribution in [2.24, 2.45) is 0 Å². The van der Waals surface area contributed by atoms with Crippen molar-refractivity contribution in [2.45, 2.75) is 20.3 Å². The highest BCUT2D eigenvalue weighted by molar-refractivity contribution is 9.10. The Morgan fingerprint density at radius 3 is 2.32 bits per heavy atom. The number of hydrogen-bond acceptors (Lipinski definition) is 3. The fraction of sp³-hybridized carbons (Fsp3) is 0.286. The third-order valence-corrected chi connectivity index (χ3v) is 4.76. The minimum absolute atomic E-state index is 0.0846. The van der Waals surface area contributed by atoms with E-state index in [1.165, 1.54) is 6.92 Å². The average molecular weight is 446 g/mol. The molecule has 6 nitrogen and oxygen atoms in total. The molecule has 0 aliphatic carbocycles. The highest BCUT2D eigenvalue weighted by atomic mass is 79.9. The van der Waals surface area contributed by atoms with Crippen LogP contribution in [-0.2, 0) is 4.79 Å². The molecule has 0 bridgehead atoms. The van der Waals surface area contributed by atoms with Gasteiger partial charge in [0.25, 0.3) is 11.8 Å². The second-order valence-electron chi connectivity index (χ2n) is 6.55. The van der Waals surface area contributed by atoms with E-state index < -0.39 is 0 Å². The van der Waals surface area contributed by atoms with Crippen LogP contribution < -0.4 is 10.6 Å². The molecule has 148 valence electrons. The van der Waals surface area contributed by atoms with Gasteiger partial charge in [-0.2, -0.15) is 0 Å². The first-order chi connectivity index (χ1) is 13.3. The largest absolute Gasteiger partial charge is 0.356 e. The number of anilines is 1. The summed E-state index contributed by atoms with van der Waals surface area (Å²) in [6.45, 7) is 4.39. The first-order valence-electron chi connectivity index (χ1n) is 8.95. The van der Waals surface area contributed by atoms with E-state index in [9.17, 15) is 14.4 Å². The van der Waals surface area contributed by atoms with Crippen LogP contribution in [0, 0.1) is 6.92 Å². The number of amides is 3. The van der Waals surface area contributed by atoms with Gasteiger partial charge in [0.05, 0.1) is 0 Å². The van der Waals surface area contributed by atoms with E-state index in [0.29, 0.717) is 36.3 Å². The first kappa shape index (κ1) is 21.6. The van der Waals surface area contributed by atoms with Crippen LogP contribution in [0.4, 0.5) is 5.69 Å². The molecule has 0 saturated carbocycles. The van der Waals surface area contributed by atoms with Crippen LogP contribution in [-0.4, -0.2) is 42.8 Å². The predicted octanol–water partition coefficient (Wildman–Crippen LogP) is 3.61. The lowest BCUT2D eigenvalue weighted by Gasteiger charge is -2.18. The maximum absolute atomic E-state index is 12.7. The van der Waals surface area contributed by atoms with Gasteiger partial charge in [0.2, 0.25) is 5.91 Å². The minimum Gasteiger partial charge on any atom is -0.356 e. The number of benzene rings is 2. The fourth-order valence-electron chi connectivity index (χ4n) is 2.59. The van der Waals surface area contributed by atoms with Gasteiger partial charge in [-0.1, -0.05) is 22.0 Å². The van der Waals surface area contributed by atoms with E-state index in [1.807, 2.05) is 13.0 Å². The maximum atomic E-state index is 12.7. The van der Waals surface area contributed by atoms with Gasteiger partial charge in [0, 0.05) is 48.3 Å². The Balaban J connectivity index is 2.05. The van der Waals surface area contributed by atoms with Crippen LogP contribution in [0.5, 0.6) is 0 Å². The van der Waals surface area contributed by atoms with Gasteiger partial charge in [0.1, 0.15) is 0 Å². The summed E-state index contributed by atoms with van der Waals surface area (Å²) in [7, 11) is 1.72. The molecule has 0 aliphatic heterocycles. The van der Waals surface area contributed by atoms with Crippen LogP contribution in [0.1, 0.15) is 39.6 Å². The average Bonchev–Trinajstić information content (AvgIpc) is 2.66. The van der Waals surface area contributed by atoms with Crippen molar-refractivity contribution in [1.29, 1.82) is 0 Å². The van der Waals surface area contributed by atoms with Crippen LogP contribution in [0.25, 0.3) is 0 Å². The Bertz CT molecular complexity index is 866. The molecule has 0 radical (unpaired) electrons. The SMILES string of the molecule is CC(=O)NCCCN(C)C(=O)c1ccc(C)c(NC(=O)c2ccc(Br)cc2)c1. The molecule has 2 rings (SSSR count).